The first-order valence-electron chi connectivity index (χ1n) is 0.730. The molecule has 3 N–H and O–H groups in total. The summed E-state index contributed by atoms with van der Waals surface area (Å²) in [6, 6.07) is 0. The van der Waals surface area contributed by atoms with Crippen molar-refractivity contribution in [1.82, 2.24) is 6.15 Å². The van der Waals surface area contributed by atoms with Crippen LogP contribution in [0, 0.1) is 20.2 Å². The standard InChI is InChI=1S/2HNO2.H3N.Pt/c2*2-1-3;;/h2*(H,2,3);1H3;/p-2. The molecule has 0 amide bonds. The van der Waals surface area contributed by atoms with Gasteiger partial charge in [-0.1, -0.05) is 0 Å². The SMILES string of the molecule is N.O=N[O-].O=N[O-].[Pt]. The van der Waals surface area contributed by atoms with E-state index in [-0.39, 0.29) is 27.2 Å². The van der Waals surface area contributed by atoms with Crippen LogP contribution in [0.5, 0.6) is 0 Å². The van der Waals surface area contributed by atoms with Crippen molar-refractivity contribution >= 4 is 0 Å². The molecule has 0 radical (unpaired) electrons. The third kappa shape index (κ3) is 354. The maximum atomic E-state index is 8.00. The fraction of sp³-hybridized carbons (Fsp3) is 0. The zero-order chi connectivity index (χ0) is 5.41. The Bertz CT molecular complexity index is 32.3. The molecular weight excluding hydrogens is 301 g/mol. The molecule has 0 saturated heterocycles. The molecule has 0 unspecified atom stereocenters. The Kier molecular flexibility index (Phi) is 297. The molecule has 0 aliphatic rings. The quantitative estimate of drug-likeness (QED) is 0.517. The molecule has 0 aromatic carbocycles. The average Bonchev–Trinajstić information content (AvgIpc) is 1.39. The summed E-state index contributed by atoms with van der Waals surface area (Å²) in [7, 11) is 0. The molecule has 54 valence electrons. The molecule has 0 atom stereocenters. The van der Waals surface area contributed by atoms with Gasteiger partial charge in [0.15, 0.2) is 0 Å². The molecule has 8 heavy (non-hydrogen) atoms. The van der Waals surface area contributed by atoms with Crippen molar-refractivity contribution in [3.8, 4) is 0 Å². The largest absolute Gasteiger partial charge is 0.444 e. The van der Waals surface area contributed by atoms with Gasteiger partial charge < -0.3 is 26.4 Å². The normalized spacial score (nSPS) is 3.00. The zero-order valence-corrected chi connectivity index (χ0v) is 5.82. The van der Waals surface area contributed by atoms with Crippen molar-refractivity contribution in [2.24, 2.45) is 10.7 Å². The predicted molar refractivity (Wildman–Crippen MR) is 23.3 cm³/mol. The molecule has 0 bridgehead atoms. The molecule has 8 heteroatoms. The monoisotopic (exact) mass is 304 g/mol. The fourth-order valence-electron chi connectivity index (χ4n) is 0. The zero-order valence-electron chi connectivity index (χ0n) is 3.55. The van der Waals surface area contributed by atoms with Crippen molar-refractivity contribution in [2.45, 2.75) is 0 Å². The third-order valence-corrected chi connectivity index (χ3v) is 0. The van der Waals surface area contributed by atoms with Crippen molar-refractivity contribution in [2.75, 3.05) is 0 Å². The Labute approximate surface area is 58.8 Å². The molecule has 0 aliphatic heterocycles. The van der Waals surface area contributed by atoms with Crippen LogP contribution in [0.1, 0.15) is 0 Å². The minimum Gasteiger partial charge on any atom is -0.444 e. The van der Waals surface area contributed by atoms with Crippen LogP contribution in [0.4, 0.5) is 0 Å². The Morgan fingerprint density at radius 1 is 1.00 bits per heavy atom. The van der Waals surface area contributed by atoms with Crippen LogP contribution in [0.25, 0.3) is 0 Å². The van der Waals surface area contributed by atoms with E-state index in [1.807, 2.05) is 0 Å². The predicted octanol–water partition coefficient (Wildman–Crippen LogP) is 0.661. The van der Waals surface area contributed by atoms with Gasteiger partial charge in [0.05, 0.1) is 0 Å². The van der Waals surface area contributed by atoms with Crippen LogP contribution in [0.3, 0.4) is 0 Å². The fourth-order valence-corrected chi connectivity index (χ4v) is 0. The molecule has 0 aliphatic carbocycles. The molecule has 0 saturated carbocycles. The summed E-state index contributed by atoms with van der Waals surface area (Å²) in [5.41, 5.74) is 0. The second-order valence-electron chi connectivity index (χ2n) is 0.149. The van der Waals surface area contributed by atoms with Gasteiger partial charge in [-0.15, -0.1) is 10.7 Å². The van der Waals surface area contributed by atoms with E-state index in [0.717, 1.165) is 10.7 Å². The van der Waals surface area contributed by atoms with Crippen molar-refractivity contribution in [1.29, 1.82) is 0 Å². The van der Waals surface area contributed by atoms with Gasteiger partial charge in [-0.05, 0) is 0 Å². The molecule has 0 rings (SSSR count). The van der Waals surface area contributed by atoms with Crippen LogP contribution in [0.2, 0.25) is 0 Å². The summed E-state index contributed by atoms with van der Waals surface area (Å²) in [5.74, 6) is 0. The molecule has 0 aromatic heterocycles. The molecule has 0 spiro atoms. The van der Waals surface area contributed by atoms with Gasteiger partial charge in [0.25, 0.3) is 0 Å². The maximum Gasteiger partial charge on any atom is 0 e. The van der Waals surface area contributed by atoms with Gasteiger partial charge >= 0.3 is 0 Å². The number of hydrogen-bond acceptors (Lipinski definition) is 7. The van der Waals surface area contributed by atoms with Crippen LogP contribution >= 0.6 is 0 Å². The second kappa shape index (κ2) is 91.3. The van der Waals surface area contributed by atoms with Gasteiger partial charge in [0, 0.05) is 21.1 Å². The molecule has 7 nitrogen and oxygen atoms in total. The summed E-state index contributed by atoms with van der Waals surface area (Å²) in [6.45, 7) is 0. The van der Waals surface area contributed by atoms with Crippen LogP contribution in [-0.4, -0.2) is 0 Å². The van der Waals surface area contributed by atoms with Crippen molar-refractivity contribution in [3.05, 3.63) is 20.2 Å². The Morgan fingerprint density at radius 2 is 1.00 bits per heavy atom. The smallest absolute Gasteiger partial charge is 0 e. The average molecular weight is 304 g/mol. The Hall–Kier alpha value is -0.552. The third-order valence-electron chi connectivity index (χ3n) is 0. The van der Waals surface area contributed by atoms with Crippen LogP contribution in [-0.2, 0) is 21.1 Å². The molecular formula is H3N3O4Pt-2. The van der Waals surface area contributed by atoms with Crippen molar-refractivity contribution < 1.29 is 21.1 Å². The first-order valence-corrected chi connectivity index (χ1v) is 0.730. The van der Waals surface area contributed by atoms with E-state index in [1.54, 1.807) is 0 Å². The van der Waals surface area contributed by atoms with Crippen LogP contribution < -0.4 is 6.15 Å². The topological polar surface area (TPSA) is 140 Å². The minimum atomic E-state index is 0. The Morgan fingerprint density at radius 3 is 1.00 bits per heavy atom. The Balaban J connectivity index is -0.0000000160. The number of rotatable bonds is 0. The van der Waals surface area contributed by atoms with Crippen LogP contribution in [0.15, 0.2) is 10.7 Å². The molecule has 0 fully saturated rings. The summed E-state index contributed by atoms with van der Waals surface area (Å²) in [5, 5.41) is 18.0. The van der Waals surface area contributed by atoms with E-state index in [4.69, 9.17) is 20.2 Å². The van der Waals surface area contributed by atoms with Gasteiger partial charge in [0.1, 0.15) is 0 Å². The van der Waals surface area contributed by atoms with E-state index in [1.165, 1.54) is 0 Å². The summed E-state index contributed by atoms with van der Waals surface area (Å²) < 4.78 is 0. The molecule has 0 heterocycles. The van der Waals surface area contributed by atoms with E-state index in [9.17, 15) is 0 Å². The van der Waals surface area contributed by atoms with Gasteiger partial charge in [-0.25, -0.2) is 0 Å². The van der Waals surface area contributed by atoms with E-state index >= 15 is 0 Å². The van der Waals surface area contributed by atoms with Gasteiger partial charge in [-0.3, -0.25) is 0 Å². The summed E-state index contributed by atoms with van der Waals surface area (Å²) in [6.07, 6.45) is 0. The van der Waals surface area contributed by atoms with Gasteiger partial charge in [0.2, 0.25) is 0 Å². The maximum absolute atomic E-state index is 8.00. The van der Waals surface area contributed by atoms with E-state index in [0.29, 0.717) is 0 Å². The van der Waals surface area contributed by atoms with Gasteiger partial charge in [-0.2, -0.15) is 0 Å². The minimum absolute atomic E-state index is 0. The molecule has 0 aromatic rings. The number of nitrogens with zero attached hydrogens (tertiary/aromatic N) is 2. The van der Waals surface area contributed by atoms with Crippen molar-refractivity contribution in [3.63, 3.8) is 0 Å². The second-order valence-corrected chi connectivity index (χ2v) is 0.149. The summed E-state index contributed by atoms with van der Waals surface area (Å²) >= 11 is 0. The van der Waals surface area contributed by atoms with E-state index in [2.05, 4.69) is 0 Å². The van der Waals surface area contributed by atoms with E-state index < -0.39 is 0 Å². The first kappa shape index (κ1) is 26.0. The summed E-state index contributed by atoms with van der Waals surface area (Å²) in [4.78, 5) is 16.0. The number of hydrogen-bond donors (Lipinski definition) is 1. The first-order chi connectivity index (χ1) is 2.83.